The van der Waals surface area contributed by atoms with Gasteiger partial charge in [0.2, 0.25) is 0 Å². The van der Waals surface area contributed by atoms with Crippen LogP contribution in [-0.2, 0) is 13.6 Å². The summed E-state index contributed by atoms with van der Waals surface area (Å²) in [5, 5.41) is -0.147. The summed E-state index contributed by atoms with van der Waals surface area (Å²) in [7, 11) is -2.29. The highest BCUT2D eigenvalue weighted by Crippen LogP contribution is 2.49. The van der Waals surface area contributed by atoms with Crippen molar-refractivity contribution < 1.29 is 22.7 Å². The van der Waals surface area contributed by atoms with Crippen LogP contribution in [0.1, 0.15) is 13.8 Å². The summed E-state index contributed by atoms with van der Waals surface area (Å²) in [6.45, 7) is 3.65. The van der Waals surface area contributed by atoms with Crippen molar-refractivity contribution in [3.05, 3.63) is 24.0 Å². The number of hydrogen-bond donors (Lipinski definition) is 0. The van der Waals surface area contributed by atoms with Crippen molar-refractivity contribution >= 4 is 12.9 Å². The van der Waals surface area contributed by atoms with Gasteiger partial charge in [0.05, 0.1) is 20.3 Å². The lowest BCUT2D eigenvalue weighted by Gasteiger charge is -2.19. The van der Waals surface area contributed by atoms with Crippen molar-refractivity contribution in [1.29, 1.82) is 0 Å². The normalized spacial score (nSPS) is 11.5. The fourth-order valence-electron chi connectivity index (χ4n) is 1.43. The molecule has 0 N–H and O–H groups in total. The summed E-state index contributed by atoms with van der Waals surface area (Å²) in [5.74, 6) is -0.496. The van der Waals surface area contributed by atoms with Gasteiger partial charge in [-0.2, -0.15) is 0 Å². The first-order valence-corrected chi connectivity index (χ1v) is 6.85. The Hall–Kier alpha value is -0.900. The Kier molecular flexibility index (Phi) is 5.12. The molecule has 96 valence electrons. The Balaban J connectivity index is 3.31. The summed E-state index contributed by atoms with van der Waals surface area (Å²) in [6, 6.07) is 4.19. The second kappa shape index (κ2) is 6.15. The van der Waals surface area contributed by atoms with Crippen LogP contribution in [0, 0.1) is 5.82 Å². The van der Waals surface area contributed by atoms with Gasteiger partial charge in [-0.25, -0.2) is 4.39 Å². The molecule has 4 nitrogen and oxygen atoms in total. The molecule has 0 bridgehead atoms. The topological polar surface area (TPSA) is 44.8 Å². The maximum atomic E-state index is 13.8. The minimum atomic E-state index is -3.66. The summed E-state index contributed by atoms with van der Waals surface area (Å²) >= 11 is 0. The minimum absolute atomic E-state index is 0.147. The van der Waals surface area contributed by atoms with Crippen LogP contribution in [0.4, 0.5) is 4.39 Å². The van der Waals surface area contributed by atoms with E-state index in [4.69, 9.17) is 13.8 Å². The lowest BCUT2D eigenvalue weighted by molar-refractivity contribution is 0.228. The van der Waals surface area contributed by atoms with E-state index < -0.39 is 13.4 Å². The zero-order valence-electron chi connectivity index (χ0n) is 10.1. The summed E-state index contributed by atoms with van der Waals surface area (Å²) in [4.78, 5) is 0. The zero-order valence-corrected chi connectivity index (χ0v) is 11.0. The Morgan fingerprint density at radius 3 is 2.29 bits per heavy atom. The van der Waals surface area contributed by atoms with Gasteiger partial charge in [0.1, 0.15) is 16.9 Å². The lowest BCUT2D eigenvalue weighted by Crippen LogP contribution is -2.17. The van der Waals surface area contributed by atoms with Gasteiger partial charge in [-0.05, 0) is 26.0 Å². The van der Waals surface area contributed by atoms with Gasteiger partial charge in [-0.3, -0.25) is 4.57 Å². The molecule has 0 aliphatic carbocycles. The third-order valence-corrected chi connectivity index (χ3v) is 4.22. The molecule has 0 fully saturated rings. The molecule has 0 spiro atoms. The largest absolute Gasteiger partial charge is 0.496 e. The SMILES string of the molecule is CCOP(=O)(OCC)c1c(F)cccc1OC. The molecule has 0 saturated carbocycles. The molecule has 0 amide bonds. The van der Waals surface area contributed by atoms with Gasteiger partial charge in [-0.15, -0.1) is 0 Å². The highest BCUT2D eigenvalue weighted by atomic mass is 31.2. The standard InChI is InChI=1S/C11H16FO4P/c1-4-15-17(13,16-5-2)11-9(12)7-6-8-10(11)14-3/h6-8H,4-5H2,1-3H3. The molecule has 0 aromatic heterocycles. The third kappa shape index (κ3) is 3.06. The fourth-order valence-corrected chi connectivity index (χ4v) is 3.22. The maximum Gasteiger partial charge on any atom is 0.368 e. The van der Waals surface area contributed by atoms with Crippen molar-refractivity contribution in [2.45, 2.75) is 13.8 Å². The highest BCUT2D eigenvalue weighted by Gasteiger charge is 2.33. The molecule has 0 aliphatic heterocycles. The van der Waals surface area contributed by atoms with Crippen LogP contribution >= 0.6 is 7.60 Å². The lowest BCUT2D eigenvalue weighted by atomic mass is 10.3. The smallest absolute Gasteiger partial charge is 0.368 e. The van der Waals surface area contributed by atoms with Crippen LogP contribution in [0.5, 0.6) is 5.75 Å². The second-order valence-electron chi connectivity index (χ2n) is 3.12. The van der Waals surface area contributed by atoms with E-state index in [2.05, 4.69) is 0 Å². The van der Waals surface area contributed by atoms with Crippen LogP contribution in [-0.4, -0.2) is 20.3 Å². The first kappa shape index (κ1) is 14.2. The van der Waals surface area contributed by atoms with Gasteiger partial charge >= 0.3 is 7.60 Å². The third-order valence-electron chi connectivity index (χ3n) is 2.04. The van der Waals surface area contributed by atoms with Gasteiger partial charge in [0.15, 0.2) is 0 Å². The molecule has 0 aliphatic rings. The van der Waals surface area contributed by atoms with E-state index in [0.717, 1.165) is 0 Å². The summed E-state index contributed by atoms with van der Waals surface area (Å²) in [5.41, 5.74) is 0. The van der Waals surface area contributed by atoms with Crippen LogP contribution < -0.4 is 10.0 Å². The molecule has 1 aromatic carbocycles. The molecule has 0 atom stereocenters. The quantitative estimate of drug-likeness (QED) is 0.739. The van der Waals surface area contributed by atoms with Crippen LogP contribution in [0.15, 0.2) is 18.2 Å². The molecular formula is C11H16FO4P. The van der Waals surface area contributed by atoms with Crippen molar-refractivity contribution in [2.24, 2.45) is 0 Å². The summed E-state index contributed by atoms with van der Waals surface area (Å²) in [6.07, 6.45) is 0. The van der Waals surface area contributed by atoms with Crippen LogP contribution in [0.25, 0.3) is 0 Å². The first-order valence-electron chi connectivity index (χ1n) is 5.31. The number of hydrogen-bond acceptors (Lipinski definition) is 4. The van der Waals surface area contributed by atoms with Crippen molar-refractivity contribution in [2.75, 3.05) is 20.3 Å². The van der Waals surface area contributed by atoms with E-state index in [1.54, 1.807) is 13.8 Å². The monoisotopic (exact) mass is 262 g/mol. The van der Waals surface area contributed by atoms with Crippen LogP contribution in [0.3, 0.4) is 0 Å². The van der Waals surface area contributed by atoms with Crippen molar-refractivity contribution in [1.82, 2.24) is 0 Å². The predicted octanol–water partition coefficient (Wildman–Crippen LogP) is 2.73. The Labute approximate surface area is 100 Å². The first-order chi connectivity index (χ1) is 8.09. The van der Waals surface area contributed by atoms with E-state index in [0.29, 0.717) is 0 Å². The van der Waals surface area contributed by atoms with Gasteiger partial charge in [0, 0.05) is 0 Å². The molecule has 0 saturated heterocycles. The van der Waals surface area contributed by atoms with E-state index in [9.17, 15) is 8.96 Å². The average molecular weight is 262 g/mol. The average Bonchev–Trinajstić information content (AvgIpc) is 2.29. The number of halogens is 1. The molecule has 0 unspecified atom stereocenters. The maximum absolute atomic E-state index is 13.8. The molecule has 0 heterocycles. The molecule has 17 heavy (non-hydrogen) atoms. The van der Waals surface area contributed by atoms with E-state index >= 15 is 0 Å². The highest BCUT2D eigenvalue weighted by molar-refractivity contribution is 7.62. The Morgan fingerprint density at radius 2 is 1.82 bits per heavy atom. The zero-order chi connectivity index (χ0) is 12.9. The number of benzene rings is 1. The molecule has 1 rings (SSSR count). The van der Waals surface area contributed by atoms with E-state index in [1.165, 1.54) is 25.3 Å². The van der Waals surface area contributed by atoms with Gasteiger partial charge in [0.25, 0.3) is 0 Å². The Morgan fingerprint density at radius 1 is 1.24 bits per heavy atom. The number of ether oxygens (including phenoxy) is 1. The molecule has 6 heteroatoms. The molecular weight excluding hydrogens is 246 g/mol. The minimum Gasteiger partial charge on any atom is -0.496 e. The summed E-state index contributed by atoms with van der Waals surface area (Å²) < 4.78 is 41.4. The van der Waals surface area contributed by atoms with Crippen molar-refractivity contribution in [3.8, 4) is 5.75 Å². The second-order valence-corrected chi connectivity index (χ2v) is 5.08. The molecule has 0 radical (unpaired) electrons. The van der Waals surface area contributed by atoms with Gasteiger partial charge in [-0.1, -0.05) is 6.07 Å². The number of methoxy groups -OCH3 is 1. The number of rotatable bonds is 6. The molecule has 1 aromatic rings. The fraction of sp³-hybridized carbons (Fsp3) is 0.455. The van der Waals surface area contributed by atoms with Crippen LogP contribution in [0.2, 0.25) is 0 Å². The van der Waals surface area contributed by atoms with E-state index in [-0.39, 0.29) is 24.3 Å². The Bertz CT molecular complexity index is 412. The van der Waals surface area contributed by atoms with E-state index in [1.807, 2.05) is 0 Å². The predicted molar refractivity (Wildman–Crippen MR) is 63.4 cm³/mol. The van der Waals surface area contributed by atoms with Gasteiger partial charge < -0.3 is 13.8 Å². The van der Waals surface area contributed by atoms with Crippen molar-refractivity contribution in [3.63, 3.8) is 0 Å².